The molecule has 138 valence electrons. The number of carbonyl (C=O) groups is 1. The third-order valence-electron chi connectivity index (χ3n) is 3.32. The summed E-state index contributed by atoms with van der Waals surface area (Å²) in [6, 6.07) is 12.2. The van der Waals surface area contributed by atoms with E-state index >= 15 is 0 Å². The molecule has 27 heavy (non-hydrogen) atoms. The standard InChI is InChI=1S/C17H12ClN3O6/c18-12-3-1-11(2-4-12)17-20-19-15(27-17)9-26-16(22)10-25-14-7-5-13(6-8-14)21(23)24/h1-8H,9-10H2. The summed E-state index contributed by atoms with van der Waals surface area (Å²) in [5.41, 5.74) is 0.615. The Morgan fingerprint density at radius 3 is 2.48 bits per heavy atom. The Morgan fingerprint density at radius 1 is 1.11 bits per heavy atom. The van der Waals surface area contributed by atoms with Gasteiger partial charge in [-0.25, -0.2) is 4.79 Å². The predicted octanol–water partition coefficient (Wildman–Crippen LogP) is 3.42. The number of nitro groups is 1. The van der Waals surface area contributed by atoms with Crippen LogP contribution in [0, 0.1) is 10.1 Å². The molecule has 0 fully saturated rings. The van der Waals surface area contributed by atoms with Crippen LogP contribution in [0.25, 0.3) is 11.5 Å². The summed E-state index contributed by atoms with van der Waals surface area (Å²) < 4.78 is 15.6. The van der Waals surface area contributed by atoms with Crippen LogP contribution < -0.4 is 4.74 Å². The van der Waals surface area contributed by atoms with Crippen LogP contribution in [-0.2, 0) is 16.1 Å². The fourth-order valence-electron chi connectivity index (χ4n) is 2.01. The van der Waals surface area contributed by atoms with Crippen molar-refractivity contribution >= 4 is 23.3 Å². The minimum Gasteiger partial charge on any atom is -0.482 e. The molecular formula is C17H12ClN3O6. The number of aromatic nitrogens is 2. The molecule has 3 rings (SSSR count). The Bertz CT molecular complexity index is 940. The van der Waals surface area contributed by atoms with E-state index in [4.69, 9.17) is 25.5 Å². The lowest BCUT2D eigenvalue weighted by Crippen LogP contribution is -2.14. The van der Waals surface area contributed by atoms with Gasteiger partial charge in [-0.2, -0.15) is 0 Å². The van der Waals surface area contributed by atoms with Crippen molar-refractivity contribution in [2.75, 3.05) is 6.61 Å². The number of nitrogens with zero attached hydrogens (tertiary/aromatic N) is 3. The van der Waals surface area contributed by atoms with Gasteiger partial charge < -0.3 is 13.9 Å². The molecule has 1 aromatic heterocycles. The zero-order valence-corrected chi connectivity index (χ0v) is 14.5. The second-order valence-electron chi connectivity index (χ2n) is 5.21. The van der Waals surface area contributed by atoms with Crippen molar-refractivity contribution in [3.05, 3.63) is 69.6 Å². The number of carbonyl (C=O) groups excluding carboxylic acids is 1. The number of benzene rings is 2. The number of non-ortho nitro benzene ring substituents is 1. The summed E-state index contributed by atoms with van der Waals surface area (Å²) in [4.78, 5) is 21.8. The quantitative estimate of drug-likeness (QED) is 0.342. The second-order valence-corrected chi connectivity index (χ2v) is 5.64. The number of nitro benzene ring substituents is 1. The molecule has 0 saturated carbocycles. The largest absolute Gasteiger partial charge is 0.482 e. The van der Waals surface area contributed by atoms with E-state index < -0.39 is 10.9 Å². The first-order valence-electron chi connectivity index (χ1n) is 7.62. The van der Waals surface area contributed by atoms with E-state index in [2.05, 4.69) is 10.2 Å². The van der Waals surface area contributed by atoms with Crippen LogP contribution in [-0.4, -0.2) is 27.7 Å². The van der Waals surface area contributed by atoms with Gasteiger partial charge in [0.1, 0.15) is 5.75 Å². The molecule has 0 spiro atoms. The topological polar surface area (TPSA) is 118 Å². The van der Waals surface area contributed by atoms with Crippen LogP contribution in [0.4, 0.5) is 5.69 Å². The van der Waals surface area contributed by atoms with Crippen molar-refractivity contribution in [2.45, 2.75) is 6.61 Å². The summed E-state index contributed by atoms with van der Waals surface area (Å²) in [5.74, 6) is 0.0587. The van der Waals surface area contributed by atoms with E-state index in [1.54, 1.807) is 24.3 Å². The van der Waals surface area contributed by atoms with Crippen molar-refractivity contribution in [3.8, 4) is 17.2 Å². The molecule has 2 aromatic carbocycles. The van der Waals surface area contributed by atoms with Crippen molar-refractivity contribution in [1.29, 1.82) is 0 Å². The summed E-state index contributed by atoms with van der Waals surface area (Å²) in [6.45, 7) is -0.570. The Morgan fingerprint density at radius 2 is 1.81 bits per heavy atom. The summed E-state index contributed by atoms with van der Waals surface area (Å²) in [5, 5.41) is 18.8. The molecule has 0 unspecified atom stereocenters. The number of rotatable bonds is 7. The molecule has 0 aliphatic heterocycles. The third kappa shape index (κ3) is 5.02. The SMILES string of the molecule is O=C(COc1ccc([N+](=O)[O-])cc1)OCc1nnc(-c2ccc(Cl)cc2)o1. The molecule has 9 nitrogen and oxygen atoms in total. The first-order valence-corrected chi connectivity index (χ1v) is 8.00. The molecule has 0 N–H and O–H groups in total. The molecule has 3 aromatic rings. The fraction of sp³-hybridized carbons (Fsp3) is 0.118. The molecule has 0 aliphatic carbocycles. The smallest absolute Gasteiger partial charge is 0.344 e. The van der Waals surface area contributed by atoms with Gasteiger partial charge in [0.05, 0.1) is 4.92 Å². The van der Waals surface area contributed by atoms with Gasteiger partial charge in [-0.1, -0.05) is 11.6 Å². The average molecular weight is 390 g/mol. The molecule has 0 aliphatic rings. The molecule has 0 atom stereocenters. The van der Waals surface area contributed by atoms with Gasteiger partial charge in [-0.15, -0.1) is 10.2 Å². The van der Waals surface area contributed by atoms with Crippen molar-refractivity contribution in [1.82, 2.24) is 10.2 Å². The van der Waals surface area contributed by atoms with Crippen LogP contribution in [0.1, 0.15) is 5.89 Å². The van der Waals surface area contributed by atoms with Gasteiger partial charge in [-0.3, -0.25) is 10.1 Å². The Hall–Kier alpha value is -3.46. The minimum absolute atomic E-state index is 0.0715. The van der Waals surface area contributed by atoms with Gasteiger partial charge in [0.25, 0.3) is 11.6 Å². The van der Waals surface area contributed by atoms with Gasteiger partial charge in [-0.05, 0) is 36.4 Å². The van der Waals surface area contributed by atoms with E-state index in [1.807, 2.05) is 0 Å². The third-order valence-corrected chi connectivity index (χ3v) is 3.57. The number of hydrogen-bond acceptors (Lipinski definition) is 8. The minimum atomic E-state index is -0.653. The molecule has 0 radical (unpaired) electrons. The second kappa shape index (κ2) is 8.28. The number of ether oxygens (including phenoxy) is 2. The summed E-state index contributed by atoms with van der Waals surface area (Å²) in [7, 11) is 0. The van der Waals surface area contributed by atoms with Gasteiger partial charge in [0.2, 0.25) is 5.89 Å². The van der Waals surface area contributed by atoms with Crippen LogP contribution in [0.5, 0.6) is 5.75 Å². The molecule has 1 heterocycles. The first kappa shape index (κ1) is 18.3. The number of halogens is 1. The highest BCUT2D eigenvalue weighted by Crippen LogP contribution is 2.20. The van der Waals surface area contributed by atoms with Crippen molar-refractivity contribution < 1.29 is 23.6 Å². The monoisotopic (exact) mass is 389 g/mol. The van der Waals surface area contributed by atoms with E-state index in [0.29, 0.717) is 16.3 Å². The summed E-state index contributed by atoms with van der Waals surface area (Å²) in [6.07, 6.45) is 0. The molecule has 10 heteroatoms. The number of esters is 1. The van der Waals surface area contributed by atoms with E-state index in [0.717, 1.165) is 0 Å². The average Bonchev–Trinajstić information content (AvgIpc) is 3.14. The normalized spacial score (nSPS) is 10.4. The molecular weight excluding hydrogens is 378 g/mol. The van der Waals surface area contributed by atoms with E-state index in [1.165, 1.54) is 24.3 Å². The van der Waals surface area contributed by atoms with Gasteiger partial charge in [0, 0.05) is 22.7 Å². The maximum atomic E-state index is 11.7. The predicted molar refractivity (Wildman–Crippen MR) is 93.1 cm³/mol. The highest BCUT2D eigenvalue weighted by molar-refractivity contribution is 6.30. The van der Waals surface area contributed by atoms with E-state index in [-0.39, 0.29) is 30.7 Å². The van der Waals surface area contributed by atoms with Crippen molar-refractivity contribution in [3.63, 3.8) is 0 Å². The van der Waals surface area contributed by atoms with E-state index in [9.17, 15) is 14.9 Å². The lowest BCUT2D eigenvalue weighted by Gasteiger charge is -2.05. The zero-order chi connectivity index (χ0) is 19.2. The Labute approximate surface area is 157 Å². The van der Waals surface area contributed by atoms with Crippen LogP contribution in [0.15, 0.2) is 52.9 Å². The molecule has 0 amide bonds. The fourth-order valence-corrected chi connectivity index (χ4v) is 2.14. The summed E-state index contributed by atoms with van der Waals surface area (Å²) >= 11 is 5.82. The maximum absolute atomic E-state index is 11.7. The van der Waals surface area contributed by atoms with Crippen LogP contribution in [0.3, 0.4) is 0 Å². The maximum Gasteiger partial charge on any atom is 0.344 e. The highest BCUT2D eigenvalue weighted by Gasteiger charge is 2.12. The molecule has 0 saturated heterocycles. The van der Waals surface area contributed by atoms with Crippen LogP contribution in [0.2, 0.25) is 5.02 Å². The van der Waals surface area contributed by atoms with Crippen LogP contribution >= 0.6 is 11.6 Å². The first-order chi connectivity index (χ1) is 13.0. The highest BCUT2D eigenvalue weighted by atomic mass is 35.5. The lowest BCUT2D eigenvalue weighted by molar-refractivity contribution is -0.384. The Balaban J connectivity index is 1.48. The van der Waals surface area contributed by atoms with Gasteiger partial charge in [0.15, 0.2) is 13.2 Å². The van der Waals surface area contributed by atoms with Crippen molar-refractivity contribution in [2.24, 2.45) is 0 Å². The van der Waals surface area contributed by atoms with Gasteiger partial charge >= 0.3 is 5.97 Å². The lowest BCUT2D eigenvalue weighted by atomic mass is 10.2. The Kier molecular flexibility index (Phi) is 5.62. The number of hydrogen-bond donors (Lipinski definition) is 0. The zero-order valence-electron chi connectivity index (χ0n) is 13.7. The molecule has 0 bridgehead atoms.